The third-order valence-corrected chi connectivity index (χ3v) is 5.01. The lowest BCUT2D eigenvalue weighted by atomic mass is 10.2. The van der Waals surface area contributed by atoms with E-state index < -0.39 is 11.2 Å². The van der Waals surface area contributed by atoms with Gasteiger partial charge in [-0.3, -0.25) is 4.79 Å². The number of nitrogens with one attached hydrogen (secondary N) is 1. The van der Waals surface area contributed by atoms with Crippen LogP contribution in [0.25, 0.3) is 0 Å². The third-order valence-electron chi connectivity index (χ3n) is 3.98. The van der Waals surface area contributed by atoms with Crippen molar-refractivity contribution in [3.05, 3.63) is 28.9 Å². The molecule has 0 saturated carbocycles. The predicted molar refractivity (Wildman–Crippen MR) is 91.4 cm³/mol. The van der Waals surface area contributed by atoms with Crippen molar-refractivity contribution in [2.45, 2.75) is 12.6 Å². The van der Waals surface area contributed by atoms with Crippen LogP contribution in [0, 0.1) is 0 Å². The van der Waals surface area contributed by atoms with E-state index in [1.807, 2.05) is 0 Å². The molecule has 0 atom stereocenters. The summed E-state index contributed by atoms with van der Waals surface area (Å²) in [5, 5.41) is 9.02. The maximum atomic E-state index is 12.7. The van der Waals surface area contributed by atoms with Crippen molar-refractivity contribution < 1.29 is 18.0 Å². The van der Waals surface area contributed by atoms with Gasteiger partial charge < -0.3 is 15.1 Å². The van der Waals surface area contributed by atoms with Crippen LogP contribution in [0.2, 0.25) is 0 Å². The van der Waals surface area contributed by atoms with Gasteiger partial charge in [0.25, 0.3) is 5.91 Å². The van der Waals surface area contributed by atoms with Crippen LogP contribution in [0.4, 0.5) is 24.1 Å². The van der Waals surface area contributed by atoms with E-state index in [1.165, 1.54) is 6.20 Å². The Morgan fingerprint density at radius 3 is 2.62 bits per heavy atom. The largest absolute Gasteiger partial charge is 0.445 e. The fourth-order valence-electron chi connectivity index (χ4n) is 2.62. The first-order valence-electron chi connectivity index (χ1n) is 7.97. The van der Waals surface area contributed by atoms with Crippen LogP contribution in [0.1, 0.15) is 21.8 Å². The van der Waals surface area contributed by atoms with Gasteiger partial charge in [-0.2, -0.15) is 13.2 Å². The summed E-state index contributed by atoms with van der Waals surface area (Å²) in [6.07, 6.45) is -2.35. The number of hydrogen-bond acceptors (Lipinski definition) is 7. The first-order chi connectivity index (χ1) is 12.4. The summed E-state index contributed by atoms with van der Waals surface area (Å²) >= 11 is 0.524. The van der Waals surface area contributed by atoms with Gasteiger partial charge in [-0.25, -0.2) is 4.98 Å². The fraction of sp³-hybridized carbons (Fsp3) is 0.467. The number of rotatable bonds is 3. The summed E-state index contributed by atoms with van der Waals surface area (Å²) in [6, 6.07) is 3.42. The summed E-state index contributed by atoms with van der Waals surface area (Å²) in [7, 11) is 1.74. The van der Waals surface area contributed by atoms with Crippen LogP contribution >= 0.6 is 11.3 Å². The number of alkyl halides is 3. The minimum Gasteiger partial charge on any atom is -0.373 e. The molecule has 26 heavy (non-hydrogen) atoms. The highest BCUT2D eigenvalue weighted by molar-refractivity contribution is 7.15. The first-order valence-corrected chi connectivity index (χ1v) is 8.79. The van der Waals surface area contributed by atoms with Crippen LogP contribution in [-0.2, 0) is 6.18 Å². The molecule has 1 N–H and O–H groups in total. The molecule has 0 aromatic carbocycles. The summed E-state index contributed by atoms with van der Waals surface area (Å²) < 4.78 is 38.1. The normalized spacial score (nSPS) is 15.7. The predicted octanol–water partition coefficient (Wildman–Crippen LogP) is 2.35. The number of halogens is 3. The molecule has 1 amide bonds. The number of hydrogen-bond donors (Lipinski definition) is 1. The van der Waals surface area contributed by atoms with Crippen molar-refractivity contribution in [2.75, 3.05) is 43.4 Å². The van der Waals surface area contributed by atoms with Crippen molar-refractivity contribution in [1.29, 1.82) is 0 Å². The lowest BCUT2D eigenvalue weighted by Gasteiger charge is -2.21. The highest BCUT2D eigenvalue weighted by Crippen LogP contribution is 2.34. The number of nitrogens with zero attached hydrogens (tertiary/aromatic N) is 5. The molecule has 0 unspecified atom stereocenters. The smallest absolute Gasteiger partial charge is 0.373 e. The molecule has 3 rings (SSSR count). The molecule has 7 nitrogen and oxygen atoms in total. The summed E-state index contributed by atoms with van der Waals surface area (Å²) in [4.78, 5) is 20.2. The second-order valence-corrected chi connectivity index (χ2v) is 6.66. The number of amides is 1. The molecule has 1 aliphatic rings. The maximum Gasteiger partial charge on any atom is 0.445 e. The minimum absolute atomic E-state index is 0.143. The Balaban J connectivity index is 1.65. The highest BCUT2D eigenvalue weighted by Gasteiger charge is 2.36. The maximum absolute atomic E-state index is 12.7. The molecule has 1 saturated heterocycles. The Morgan fingerprint density at radius 2 is 2.00 bits per heavy atom. The van der Waals surface area contributed by atoms with Gasteiger partial charge in [-0.15, -0.1) is 10.2 Å². The van der Waals surface area contributed by atoms with Crippen molar-refractivity contribution in [3.63, 3.8) is 0 Å². The van der Waals surface area contributed by atoms with Crippen molar-refractivity contribution >= 4 is 28.2 Å². The average molecular weight is 386 g/mol. The molecular formula is C15H17F3N6OS. The molecule has 0 radical (unpaired) electrons. The average Bonchev–Trinajstić information content (AvgIpc) is 3.01. The molecule has 0 bridgehead atoms. The molecule has 2 aromatic rings. The van der Waals surface area contributed by atoms with Gasteiger partial charge in [0.2, 0.25) is 10.1 Å². The fourth-order valence-corrected chi connectivity index (χ4v) is 3.38. The van der Waals surface area contributed by atoms with Crippen molar-refractivity contribution in [2.24, 2.45) is 0 Å². The lowest BCUT2D eigenvalue weighted by molar-refractivity contribution is -0.138. The van der Waals surface area contributed by atoms with Crippen molar-refractivity contribution in [3.8, 4) is 0 Å². The number of anilines is 2. The molecule has 1 fully saturated rings. The van der Waals surface area contributed by atoms with Crippen LogP contribution in [0.15, 0.2) is 18.3 Å². The Hall–Kier alpha value is -2.43. The van der Waals surface area contributed by atoms with E-state index in [4.69, 9.17) is 0 Å². The van der Waals surface area contributed by atoms with Gasteiger partial charge >= 0.3 is 6.18 Å². The standard InChI is InChI=1S/C15H17F3N6OS/c1-19-11-4-3-10(9-20-11)12(25)23-5-2-6-24(8-7-23)14-22-21-13(26-14)15(16,17)18/h3-4,9H,2,5-8H2,1H3,(H,19,20). The van der Waals surface area contributed by atoms with Gasteiger partial charge in [-0.1, -0.05) is 11.3 Å². The van der Waals surface area contributed by atoms with Crippen LogP contribution in [0.3, 0.4) is 0 Å². The zero-order valence-electron chi connectivity index (χ0n) is 14.0. The zero-order valence-corrected chi connectivity index (χ0v) is 14.8. The molecule has 3 heterocycles. The van der Waals surface area contributed by atoms with E-state index >= 15 is 0 Å². The van der Waals surface area contributed by atoms with E-state index in [9.17, 15) is 18.0 Å². The number of pyridine rings is 1. The van der Waals surface area contributed by atoms with Gasteiger partial charge in [0.1, 0.15) is 5.82 Å². The summed E-state index contributed by atoms with van der Waals surface area (Å²) in [6.45, 7) is 1.84. The summed E-state index contributed by atoms with van der Waals surface area (Å²) in [5.41, 5.74) is 0.479. The molecule has 140 valence electrons. The number of carbonyl (C=O) groups excluding carboxylic acids is 1. The minimum atomic E-state index is -4.49. The van der Waals surface area contributed by atoms with Gasteiger partial charge in [0, 0.05) is 39.4 Å². The number of aromatic nitrogens is 3. The molecule has 11 heteroatoms. The SMILES string of the molecule is CNc1ccc(C(=O)N2CCCN(c3nnc(C(F)(F)F)s3)CC2)cn1. The van der Waals surface area contributed by atoms with E-state index in [-0.39, 0.29) is 11.0 Å². The first kappa shape index (κ1) is 18.4. The van der Waals surface area contributed by atoms with Crippen LogP contribution < -0.4 is 10.2 Å². The third kappa shape index (κ3) is 4.03. The number of carbonyl (C=O) groups is 1. The van der Waals surface area contributed by atoms with Crippen molar-refractivity contribution in [1.82, 2.24) is 20.1 Å². The second kappa shape index (κ2) is 7.44. The Morgan fingerprint density at radius 1 is 1.19 bits per heavy atom. The topological polar surface area (TPSA) is 74.2 Å². The Kier molecular flexibility index (Phi) is 5.25. The zero-order chi connectivity index (χ0) is 18.7. The lowest BCUT2D eigenvalue weighted by Crippen LogP contribution is -2.35. The molecule has 0 aliphatic carbocycles. The Bertz CT molecular complexity index is 763. The molecule has 2 aromatic heterocycles. The van der Waals surface area contributed by atoms with Gasteiger partial charge in [0.05, 0.1) is 5.56 Å². The second-order valence-electron chi connectivity index (χ2n) is 5.70. The van der Waals surface area contributed by atoms with E-state index in [0.717, 1.165) is 0 Å². The van der Waals surface area contributed by atoms with Crippen LogP contribution in [0.5, 0.6) is 0 Å². The van der Waals surface area contributed by atoms with Gasteiger partial charge in [-0.05, 0) is 18.6 Å². The van der Waals surface area contributed by atoms with Gasteiger partial charge in [0.15, 0.2) is 0 Å². The van der Waals surface area contributed by atoms with E-state index in [2.05, 4.69) is 20.5 Å². The van der Waals surface area contributed by atoms with Crippen LogP contribution in [-0.4, -0.2) is 59.2 Å². The van der Waals surface area contributed by atoms with E-state index in [0.29, 0.717) is 55.3 Å². The van der Waals surface area contributed by atoms with E-state index in [1.54, 1.807) is 29.0 Å². The molecule has 0 spiro atoms. The molecule has 1 aliphatic heterocycles. The quantitative estimate of drug-likeness (QED) is 0.873. The monoisotopic (exact) mass is 386 g/mol. The summed E-state index contributed by atoms with van der Waals surface area (Å²) in [5.74, 6) is 0.524. The Labute approximate surface area is 151 Å². The molecular weight excluding hydrogens is 369 g/mol. The highest BCUT2D eigenvalue weighted by atomic mass is 32.1.